The van der Waals surface area contributed by atoms with E-state index in [2.05, 4.69) is 10.6 Å². The minimum absolute atomic E-state index is 0.0320. The molecule has 3 rings (SSSR count). The first-order valence-electron chi connectivity index (χ1n) is 10.2. The van der Waals surface area contributed by atoms with Crippen molar-refractivity contribution in [3.63, 3.8) is 0 Å². The van der Waals surface area contributed by atoms with Gasteiger partial charge in [0.2, 0.25) is 17.7 Å². The lowest BCUT2D eigenvalue weighted by Crippen LogP contribution is -2.63. The molecule has 0 bridgehead atoms. The number of hydrogen-bond acceptors (Lipinski definition) is 6. The van der Waals surface area contributed by atoms with Crippen LogP contribution in [0.15, 0.2) is 24.3 Å². The lowest BCUT2D eigenvalue weighted by molar-refractivity contribution is -0.141. The number of rotatable bonds is 6. The summed E-state index contributed by atoms with van der Waals surface area (Å²) >= 11 is 0. The molecular formula is C21H28N4O6. The van der Waals surface area contributed by atoms with E-state index in [1.54, 1.807) is 24.3 Å². The maximum atomic E-state index is 13.2. The summed E-state index contributed by atoms with van der Waals surface area (Å²) in [5.41, 5.74) is 0.408. The van der Waals surface area contributed by atoms with Crippen LogP contribution in [0.1, 0.15) is 23.2 Å². The summed E-state index contributed by atoms with van der Waals surface area (Å²) in [6.07, 6.45) is 1.29. The molecule has 10 nitrogen and oxygen atoms in total. The Morgan fingerprint density at radius 1 is 1.16 bits per heavy atom. The van der Waals surface area contributed by atoms with E-state index in [4.69, 9.17) is 9.47 Å². The number of ether oxygens (including phenoxy) is 2. The first-order chi connectivity index (χ1) is 14.9. The number of carbonyl (C=O) groups is 4. The molecule has 2 aliphatic heterocycles. The van der Waals surface area contributed by atoms with Crippen molar-refractivity contribution in [2.45, 2.75) is 24.9 Å². The molecule has 0 radical (unpaired) electrons. The second-order valence-electron chi connectivity index (χ2n) is 7.51. The number of carbonyl (C=O) groups excluding carboxylic acids is 4. The zero-order valence-corrected chi connectivity index (χ0v) is 17.8. The van der Waals surface area contributed by atoms with Gasteiger partial charge in [0.15, 0.2) is 0 Å². The topological polar surface area (TPSA) is 117 Å². The molecule has 0 spiro atoms. The van der Waals surface area contributed by atoms with Crippen molar-refractivity contribution in [2.24, 2.45) is 0 Å². The molecule has 1 aromatic rings. The van der Waals surface area contributed by atoms with Crippen LogP contribution in [0, 0.1) is 0 Å². The molecule has 1 aromatic carbocycles. The minimum Gasteiger partial charge on any atom is -0.497 e. The first kappa shape index (κ1) is 22.5. The fourth-order valence-corrected chi connectivity index (χ4v) is 3.77. The third kappa shape index (κ3) is 5.32. The van der Waals surface area contributed by atoms with Gasteiger partial charge in [-0.3, -0.25) is 19.2 Å². The van der Waals surface area contributed by atoms with Crippen molar-refractivity contribution in [3.8, 4) is 5.75 Å². The first-order valence-corrected chi connectivity index (χ1v) is 10.2. The van der Waals surface area contributed by atoms with Crippen molar-refractivity contribution in [2.75, 3.05) is 47.0 Å². The smallest absolute Gasteiger partial charge is 0.254 e. The Hall–Kier alpha value is -3.14. The van der Waals surface area contributed by atoms with Gasteiger partial charge in [0, 0.05) is 32.3 Å². The number of benzene rings is 1. The van der Waals surface area contributed by atoms with Crippen molar-refractivity contribution in [3.05, 3.63) is 29.8 Å². The van der Waals surface area contributed by atoms with Crippen LogP contribution in [0.25, 0.3) is 0 Å². The Labute approximate surface area is 180 Å². The third-order valence-corrected chi connectivity index (χ3v) is 5.50. The Morgan fingerprint density at radius 2 is 1.90 bits per heavy atom. The average Bonchev–Trinajstić information content (AvgIpc) is 2.80. The Morgan fingerprint density at radius 3 is 2.55 bits per heavy atom. The van der Waals surface area contributed by atoms with Crippen LogP contribution in [-0.4, -0.2) is 92.5 Å². The van der Waals surface area contributed by atoms with Crippen molar-refractivity contribution >= 4 is 23.6 Å². The number of piperidine rings is 1. The van der Waals surface area contributed by atoms with Crippen LogP contribution in [-0.2, 0) is 19.1 Å². The van der Waals surface area contributed by atoms with Crippen LogP contribution in [0.3, 0.4) is 0 Å². The van der Waals surface area contributed by atoms with Gasteiger partial charge >= 0.3 is 0 Å². The summed E-state index contributed by atoms with van der Waals surface area (Å²) in [6.45, 7) is 0.985. The largest absolute Gasteiger partial charge is 0.497 e. The molecule has 2 N–H and O–H groups in total. The van der Waals surface area contributed by atoms with Crippen LogP contribution in [0.2, 0.25) is 0 Å². The maximum absolute atomic E-state index is 13.2. The molecule has 2 aliphatic rings. The van der Waals surface area contributed by atoms with E-state index in [0.717, 1.165) is 6.42 Å². The summed E-state index contributed by atoms with van der Waals surface area (Å²) in [4.78, 5) is 53.6. The molecule has 0 saturated carbocycles. The molecule has 2 heterocycles. The number of hydrogen-bond donors (Lipinski definition) is 2. The van der Waals surface area contributed by atoms with Crippen LogP contribution >= 0.6 is 0 Å². The fraction of sp³-hybridized carbons (Fsp3) is 0.524. The number of piperazine rings is 1. The highest BCUT2D eigenvalue weighted by molar-refractivity contribution is 5.99. The molecule has 10 heteroatoms. The van der Waals surface area contributed by atoms with E-state index in [9.17, 15) is 19.2 Å². The maximum Gasteiger partial charge on any atom is 0.254 e. The molecule has 31 heavy (non-hydrogen) atoms. The van der Waals surface area contributed by atoms with Crippen molar-refractivity contribution < 1.29 is 28.7 Å². The molecule has 2 saturated heterocycles. The van der Waals surface area contributed by atoms with Gasteiger partial charge in [0.1, 0.15) is 24.4 Å². The summed E-state index contributed by atoms with van der Waals surface area (Å²) in [6, 6.07) is 5.04. The fourth-order valence-electron chi connectivity index (χ4n) is 3.77. The monoisotopic (exact) mass is 432 g/mol. The molecule has 2 fully saturated rings. The predicted molar refractivity (Wildman–Crippen MR) is 110 cm³/mol. The molecule has 0 aliphatic carbocycles. The highest BCUT2D eigenvalue weighted by Crippen LogP contribution is 2.18. The van der Waals surface area contributed by atoms with Gasteiger partial charge in [-0.15, -0.1) is 0 Å². The number of methoxy groups -OCH3 is 2. The van der Waals surface area contributed by atoms with E-state index >= 15 is 0 Å². The summed E-state index contributed by atoms with van der Waals surface area (Å²) in [5.74, 6) is -0.666. The SMILES string of the molecule is COCC(=O)N1CCN(C(=O)c2ccc(OC)cc2)C(C(=O)NC2CCCNC2=O)C1. The van der Waals surface area contributed by atoms with Crippen LogP contribution in [0.4, 0.5) is 0 Å². The number of nitrogens with zero attached hydrogens (tertiary/aromatic N) is 2. The summed E-state index contributed by atoms with van der Waals surface area (Å²) in [7, 11) is 2.96. The van der Waals surface area contributed by atoms with E-state index in [1.165, 1.54) is 24.0 Å². The lowest BCUT2D eigenvalue weighted by atomic mass is 10.0. The number of amides is 4. The van der Waals surface area contributed by atoms with E-state index in [1.807, 2.05) is 0 Å². The zero-order valence-electron chi connectivity index (χ0n) is 17.8. The quantitative estimate of drug-likeness (QED) is 0.619. The molecule has 168 valence electrons. The van der Waals surface area contributed by atoms with E-state index in [-0.39, 0.29) is 44.0 Å². The average molecular weight is 432 g/mol. The molecule has 2 unspecified atom stereocenters. The third-order valence-electron chi connectivity index (χ3n) is 5.50. The van der Waals surface area contributed by atoms with Gasteiger partial charge in [-0.25, -0.2) is 0 Å². The Balaban J connectivity index is 1.79. The highest BCUT2D eigenvalue weighted by Gasteiger charge is 2.38. The highest BCUT2D eigenvalue weighted by atomic mass is 16.5. The zero-order chi connectivity index (χ0) is 22.4. The van der Waals surface area contributed by atoms with E-state index < -0.39 is 18.0 Å². The molecule has 2 atom stereocenters. The van der Waals surface area contributed by atoms with Gasteiger partial charge in [0.05, 0.1) is 13.7 Å². The second kappa shape index (κ2) is 10.3. The summed E-state index contributed by atoms with van der Waals surface area (Å²) < 4.78 is 10.0. The van der Waals surface area contributed by atoms with Gasteiger partial charge in [-0.1, -0.05) is 0 Å². The second-order valence-corrected chi connectivity index (χ2v) is 7.51. The van der Waals surface area contributed by atoms with Crippen molar-refractivity contribution in [1.82, 2.24) is 20.4 Å². The molecular weight excluding hydrogens is 404 g/mol. The standard InChI is InChI=1S/C21H28N4O6/c1-30-13-18(26)24-10-11-25(21(29)14-5-7-15(31-2)8-6-14)17(12-24)20(28)23-16-4-3-9-22-19(16)27/h5-8,16-17H,3-4,9-13H2,1-2H3,(H,22,27)(H,23,28). The normalized spacial score (nSPS) is 21.3. The predicted octanol–water partition coefficient (Wildman–Crippen LogP) is -0.611. The van der Waals surface area contributed by atoms with Gasteiger partial charge in [-0.05, 0) is 37.1 Å². The van der Waals surface area contributed by atoms with Gasteiger partial charge in [-0.2, -0.15) is 0 Å². The van der Waals surface area contributed by atoms with E-state index in [0.29, 0.717) is 24.3 Å². The van der Waals surface area contributed by atoms with Gasteiger partial charge < -0.3 is 29.9 Å². The van der Waals surface area contributed by atoms with Gasteiger partial charge in [0.25, 0.3) is 5.91 Å². The molecule has 4 amide bonds. The summed E-state index contributed by atoms with van der Waals surface area (Å²) in [5, 5.41) is 5.48. The Kier molecular flexibility index (Phi) is 7.45. The van der Waals surface area contributed by atoms with Crippen molar-refractivity contribution in [1.29, 1.82) is 0 Å². The van der Waals surface area contributed by atoms with Crippen LogP contribution in [0.5, 0.6) is 5.75 Å². The minimum atomic E-state index is -0.918. The lowest BCUT2D eigenvalue weighted by Gasteiger charge is -2.41. The Bertz CT molecular complexity index is 828. The number of nitrogens with one attached hydrogen (secondary N) is 2. The molecule has 0 aromatic heterocycles. The van der Waals surface area contributed by atoms with Crippen LogP contribution < -0.4 is 15.4 Å².